The summed E-state index contributed by atoms with van der Waals surface area (Å²) in [5, 5.41) is 21.9. The van der Waals surface area contributed by atoms with Gasteiger partial charge in [-0.1, -0.05) is 30.4 Å². The molecular weight excluding hydrogens is 294 g/mol. The smallest absolute Gasteiger partial charge is 0.243 e. The average Bonchev–Trinajstić information content (AvgIpc) is 2.45. The van der Waals surface area contributed by atoms with Crippen molar-refractivity contribution >= 4 is 5.91 Å². The van der Waals surface area contributed by atoms with Crippen molar-refractivity contribution in [3.8, 4) is 0 Å². The quantitative estimate of drug-likeness (QED) is 0.401. The van der Waals surface area contributed by atoms with Gasteiger partial charge in [0.25, 0.3) is 0 Å². The standard InChI is InChI=1S/C18H31NO4/c1-5-23-15(2)10-6-7-11-16(20)12-8-9-13-17(21)19-14-18(3,4)22/h6-7,9-11,13,15-16,20,22H,5,8,12,14H2,1-4H3,(H,19,21)/b10-6+,11-7+,13-9+. The van der Waals surface area contributed by atoms with Crippen molar-refractivity contribution in [3.63, 3.8) is 0 Å². The van der Waals surface area contributed by atoms with Crippen LogP contribution in [0.2, 0.25) is 0 Å². The zero-order chi connectivity index (χ0) is 17.7. The lowest BCUT2D eigenvalue weighted by atomic mass is 10.1. The SMILES string of the molecule is CCOC(C)/C=C/C=C/C(O)CC/C=C/C(=O)NCC(C)(C)O. The molecule has 0 saturated carbocycles. The second-order valence-corrected chi connectivity index (χ2v) is 6.01. The molecule has 5 nitrogen and oxygen atoms in total. The highest BCUT2D eigenvalue weighted by atomic mass is 16.5. The van der Waals surface area contributed by atoms with Gasteiger partial charge in [-0.2, -0.15) is 0 Å². The van der Waals surface area contributed by atoms with E-state index in [1.807, 2.05) is 26.0 Å². The number of aliphatic hydroxyl groups excluding tert-OH is 1. The molecule has 0 aromatic rings. The predicted molar refractivity (Wildman–Crippen MR) is 93.1 cm³/mol. The van der Waals surface area contributed by atoms with Gasteiger partial charge in [-0.3, -0.25) is 4.79 Å². The van der Waals surface area contributed by atoms with Crippen LogP contribution in [0.4, 0.5) is 0 Å². The Morgan fingerprint density at radius 1 is 1.30 bits per heavy atom. The van der Waals surface area contributed by atoms with Gasteiger partial charge in [0.05, 0.1) is 17.8 Å². The molecule has 0 saturated heterocycles. The van der Waals surface area contributed by atoms with Crippen molar-refractivity contribution in [2.75, 3.05) is 13.2 Å². The Hall–Kier alpha value is -1.43. The molecule has 5 heteroatoms. The molecule has 0 aromatic carbocycles. The Labute approximate surface area is 139 Å². The molecule has 0 aliphatic carbocycles. The van der Waals surface area contributed by atoms with Gasteiger partial charge in [-0.15, -0.1) is 0 Å². The summed E-state index contributed by atoms with van der Waals surface area (Å²) in [4.78, 5) is 11.5. The fraction of sp³-hybridized carbons (Fsp3) is 0.611. The van der Waals surface area contributed by atoms with Crippen LogP contribution in [0.15, 0.2) is 36.5 Å². The van der Waals surface area contributed by atoms with Crippen LogP contribution >= 0.6 is 0 Å². The first-order valence-corrected chi connectivity index (χ1v) is 8.06. The van der Waals surface area contributed by atoms with Crippen molar-refractivity contribution in [1.82, 2.24) is 5.32 Å². The number of hydrogen-bond acceptors (Lipinski definition) is 4. The second-order valence-electron chi connectivity index (χ2n) is 6.01. The Kier molecular flexibility index (Phi) is 11.3. The maximum Gasteiger partial charge on any atom is 0.243 e. The van der Waals surface area contributed by atoms with E-state index in [0.717, 1.165) is 0 Å². The normalized spacial score (nSPS) is 15.6. The summed E-state index contributed by atoms with van der Waals surface area (Å²) >= 11 is 0. The third-order valence-corrected chi connectivity index (χ3v) is 2.85. The summed E-state index contributed by atoms with van der Waals surface area (Å²) in [5.74, 6) is -0.245. The number of hydrogen-bond donors (Lipinski definition) is 3. The van der Waals surface area contributed by atoms with E-state index in [0.29, 0.717) is 19.4 Å². The van der Waals surface area contributed by atoms with E-state index in [1.165, 1.54) is 6.08 Å². The van der Waals surface area contributed by atoms with Crippen molar-refractivity contribution < 1.29 is 19.7 Å². The Balaban J connectivity index is 3.90. The van der Waals surface area contributed by atoms with Crippen LogP contribution < -0.4 is 5.32 Å². The van der Waals surface area contributed by atoms with Gasteiger partial charge < -0.3 is 20.3 Å². The van der Waals surface area contributed by atoms with Crippen molar-refractivity contribution in [2.24, 2.45) is 0 Å². The number of ether oxygens (including phenoxy) is 1. The largest absolute Gasteiger partial charge is 0.389 e. The highest BCUT2D eigenvalue weighted by Crippen LogP contribution is 2.01. The third kappa shape index (κ3) is 15.2. The van der Waals surface area contributed by atoms with E-state index in [1.54, 1.807) is 32.1 Å². The lowest BCUT2D eigenvalue weighted by molar-refractivity contribution is -0.117. The summed E-state index contributed by atoms with van der Waals surface area (Å²) in [6, 6.07) is 0. The molecule has 0 aliphatic rings. The molecule has 23 heavy (non-hydrogen) atoms. The number of allylic oxidation sites excluding steroid dienone is 3. The van der Waals surface area contributed by atoms with Crippen LogP contribution in [0.25, 0.3) is 0 Å². The van der Waals surface area contributed by atoms with Gasteiger partial charge in [-0.05, 0) is 46.6 Å². The molecule has 3 N–H and O–H groups in total. The van der Waals surface area contributed by atoms with Crippen LogP contribution in [0.1, 0.15) is 40.5 Å². The number of aliphatic hydroxyl groups is 2. The van der Waals surface area contributed by atoms with E-state index >= 15 is 0 Å². The second kappa shape index (κ2) is 12.0. The zero-order valence-corrected chi connectivity index (χ0v) is 14.7. The van der Waals surface area contributed by atoms with Crippen molar-refractivity contribution in [3.05, 3.63) is 36.5 Å². The number of carbonyl (C=O) groups excluding carboxylic acids is 1. The van der Waals surface area contributed by atoms with Crippen LogP contribution in [0.5, 0.6) is 0 Å². The molecule has 0 rings (SSSR count). The lowest BCUT2D eigenvalue weighted by Gasteiger charge is -2.16. The van der Waals surface area contributed by atoms with Gasteiger partial charge in [0, 0.05) is 13.2 Å². The van der Waals surface area contributed by atoms with E-state index in [2.05, 4.69) is 5.32 Å². The summed E-state index contributed by atoms with van der Waals surface area (Å²) in [7, 11) is 0. The molecule has 0 fully saturated rings. The molecule has 1 amide bonds. The fourth-order valence-electron chi connectivity index (χ4n) is 1.65. The Morgan fingerprint density at radius 2 is 1.96 bits per heavy atom. The lowest BCUT2D eigenvalue weighted by Crippen LogP contribution is -2.37. The van der Waals surface area contributed by atoms with E-state index in [-0.39, 0.29) is 18.6 Å². The molecule has 2 atom stereocenters. The van der Waals surface area contributed by atoms with Gasteiger partial charge in [0.2, 0.25) is 5.91 Å². The molecule has 132 valence electrons. The van der Waals surface area contributed by atoms with Crippen LogP contribution in [-0.4, -0.2) is 47.1 Å². The first kappa shape index (κ1) is 21.6. The fourth-order valence-corrected chi connectivity index (χ4v) is 1.65. The molecule has 0 radical (unpaired) electrons. The third-order valence-electron chi connectivity index (χ3n) is 2.85. The average molecular weight is 325 g/mol. The van der Waals surface area contributed by atoms with Gasteiger partial charge >= 0.3 is 0 Å². The summed E-state index contributed by atoms with van der Waals surface area (Å²) in [6.07, 6.45) is 11.1. The minimum absolute atomic E-state index is 0.0622. The maximum absolute atomic E-state index is 11.5. The van der Waals surface area contributed by atoms with Crippen molar-refractivity contribution in [1.29, 1.82) is 0 Å². The van der Waals surface area contributed by atoms with Gasteiger partial charge in [-0.25, -0.2) is 0 Å². The van der Waals surface area contributed by atoms with E-state index in [4.69, 9.17) is 4.74 Å². The minimum Gasteiger partial charge on any atom is -0.389 e. The summed E-state index contributed by atoms with van der Waals surface area (Å²) in [6.45, 7) is 8.04. The molecule has 0 bridgehead atoms. The molecule has 0 aliphatic heterocycles. The Bertz CT molecular complexity index is 408. The number of nitrogens with one attached hydrogen (secondary N) is 1. The minimum atomic E-state index is -0.919. The summed E-state index contributed by atoms with van der Waals surface area (Å²) < 4.78 is 5.35. The molecule has 0 spiro atoms. The highest BCUT2D eigenvalue weighted by Gasteiger charge is 2.12. The topological polar surface area (TPSA) is 78.8 Å². The summed E-state index contributed by atoms with van der Waals surface area (Å²) in [5.41, 5.74) is -0.919. The number of carbonyl (C=O) groups is 1. The molecule has 0 aromatic heterocycles. The van der Waals surface area contributed by atoms with Crippen LogP contribution in [-0.2, 0) is 9.53 Å². The van der Waals surface area contributed by atoms with Gasteiger partial charge in [0.15, 0.2) is 0 Å². The van der Waals surface area contributed by atoms with E-state index < -0.39 is 11.7 Å². The highest BCUT2D eigenvalue weighted by molar-refractivity contribution is 5.87. The zero-order valence-electron chi connectivity index (χ0n) is 14.7. The maximum atomic E-state index is 11.5. The molecule has 0 heterocycles. The van der Waals surface area contributed by atoms with Crippen LogP contribution in [0.3, 0.4) is 0 Å². The van der Waals surface area contributed by atoms with E-state index in [9.17, 15) is 15.0 Å². The number of amides is 1. The monoisotopic (exact) mass is 325 g/mol. The van der Waals surface area contributed by atoms with Gasteiger partial charge in [0.1, 0.15) is 0 Å². The first-order valence-electron chi connectivity index (χ1n) is 8.06. The van der Waals surface area contributed by atoms with Crippen LogP contribution in [0, 0.1) is 0 Å². The number of rotatable bonds is 11. The Morgan fingerprint density at radius 3 is 2.57 bits per heavy atom. The first-order chi connectivity index (χ1) is 10.7. The van der Waals surface area contributed by atoms with Crippen molar-refractivity contribution in [2.45, 2.75) is 58.3 Å². The predicted octanol–water partition coefficient (Wildman–Crippen LogP) is 2.11. The molecule has 2 unspecified atom stereocenters. The molecular formula is C18H31NO4.